The summed E-state index contributed by atoms with van der Waals surface area (Å²) < 4.78 is 4.92. The number of nitrogens with zero attached hydrogens (tertiary/aromatic N) is 3. The molecular weight excluding hydrogens is 212 g/mol. The number of nitrogen functional groups attached to an aromatic ring is 1. The number of ether oxygens (including phenoxy) is 1. The Bertz CT molecular complexity index is 383. The molecule has 0 aliphatic heterocycles. The van der Waals surface area contributed by atoms with E-state index in [0.29, 0.717) is 19.0 Å². The van der Waals surface area contributed by atoms with E-state index in [9.17, 15) is 10.1 Å². The predicted octanol–water partition coefficient (Wildman–Crippen LogP) is 0.655. The first-order valence-electron chi connectivity index (χ1n) is 4.66. The predicted molar refractivity (Wildman–Crippen MR) is 60.4 cm³/mol. The maximum absolute atomic E-state index is 10.5. The molecule has 0 atom stereocenters. The Morgan fingerprint density at radius 1 is 1.69 bits per heavy atom. The first-order valence-corrected chi connectivity index (χ1v) is 4.66. The Balaban J connectivity index is 2.84. The van der Waals surface area contributed by atoms with E-state index in [0.717, 1.165) is 6.20 Å². The van der Waals surface area contributed by atoms with Gasteiger partial charge < -0.3 is 15.4 Å². The highest BCUT2D eigenvalue weighted by Crippen LogP contribution is 2.23. The number of aromatic nitrogens is 1. The van der Waals surface area contributed by atoms with Gasteiger partial charge in [-0.25, -0.2) is 4.98 Å². The van der Waals surface area contributed by atoms with Crippen LogP contribution in [0.4, 0.5) is 17.2 Å². The van der Waals surface area contributed by atoms with Crippen molar-refractivity contribution >= 4 is 17.2 Å². The van der Waals surface area contributed by atoms with E-state index in [1.807, 2.05) is 11.9 Å². The average Bonchev–Trinajstić information content (AvgIpc) is 2.25. The first-order chi connectivity index (χ1) is 7.56. The van der Waals surface area contributed by atoms with Gasteiger partial charge in [0.15, 0.2) is 0 Å². The van der Waals surface area contributed by atoms with Gasteiger partial charge in [0.2, 0.25) is 0 Å². The number of hydrogen-bond acceptors (Lipinski definition) is 6. The van der Waals surface area contributed by atoms with Gasteiger partial charge >= 0.3 is 5.69 Å². The summed E-state index contributed by atoms with van der Waals surface area (Å²) in [6, 6.07) is 1.48. The topological polar surface area (TPSA) is 94.5 Å². The van der Waals surface area contributed by atoms with Crippen molar-refractivity contribution in [3.05, 3.63) is 22.4 Å². The van der Waals surface area contributed by atoms with Crippen molar-refractivity contribution in [3.63, 3.8) is 0 Å². The van der Waals surface area contributed by atoms with Crippen molar-refractivity contribution in [2.24, 2.45) is 0 Å². The van der Waals surface area contributed by atoms with E-state index in [1.165, 1.54) is 6.07 Å². The van der Waals surface area contributed by atoms with Crippen molar-refractivity contribution in [3.8, 4) is 0 Å². The minimum atomic E-state index is -0.554. The van der Waals surface area contributed by atoms with Gasteiger partial charge in [-0.3, -0.25) is 10.1 Å². The summed E-state index contributed by atoms with van der Waals surface area (Å²) in [5.41, 5.74) is 5.48. The number of methoxy groups -OCH3 is 1. The Hall–Kier alpha value is -1.89. The fraction of sp³-hybridized carbons (Fsp3) is 0.444. The molecule has 1 aromatic rings. The van der Waals surface area contributed by atoms with Gasteiger partial charge in [-0.05, 0) is 0 Å². The molecule has 1 rings (SSSR count). The van der Waals surface area contributed by atoms with E-state index in [4.69, 9.17) is 10.5 Å². The van der Waals surface area contributed by atoms with Crippen molar-refractivity contribution in [2.75, 3.05) is 37.9 Å². The highest BCUT2D eigenvalue weighted by Gasteiger charge is 2.13. The molecule has 1 heterocycles. The summed E-state index contributed by atoms with van der Waals surface area (Å²) >= 11 is 0. The van der Waals surface area contributed by atoms with Crippen LogP contribution in [-0.2, 0) is 4.74 Å². The van der Waals surface area contributed by atoms with E-state index in [-0.39, 0.29) is 11.4 Å². The van der Waals surface area contributed by atoms with Gasteiger partial charge in [0, 0.05) is 26.8 Å². The molecule has 0 aliphatic rings. The third-order valence-corrected chi connectivity index (χ3v) is 2.12. The lowest BCUT2D eigenvalue weighted by molar-refractivity contribution is -0.384. The molecule has 0 spiro atoms. The Morgan fingerprint density at radius 2 is 2.38 bits per heavy atom. The number of rotatable bonds is 5. The number of likely N-dealkylation sites (N-methyl/N-ethyl adjacent to an activating group) is 1. The Morgan fingerprint density at radius 3 is 2.88 bits per heavy atom. The highest BCUT2D eigenvalue weighted by molar-refractivity contribution is 5.62. The lowest BCUT2D eigenvalue weighted by Crippen LogP contribution is -2.23. The molecule has 88 valence electrons. The molecule has 0 radical (unpaired) electrons. The quantitative estimate of drug-likeness (QED) is 0.585. The first kappa shape index (κ1) is 12.2. The van der Waals surface area contributed by atoms with Gasteiger partial charge in [-0.1, -0.05) is 0 Å². The molecule has 16 heavy (non-hydrogen) atoms. The zero-order valence-corrected chi connectivity index (χ0v) is 9.21. The molecule has 7 nitrogen and oxygen atoms in total. The van der Waals surface area contributed by atoms with Crippen molar-refractivity contribution < 1.29 is 9.66 Å². The van der Waals surface area contributed by atoms with Crippen LogP contribution in [0, 0.1) is 10.1 Å². The lowest BCUT2D eigenvalue weighted by atomic mass is 10.3. The van der Waals surface area contributed by atoms with Crippen molar-refractivity contribution in [1.29, 1.82) is 0 Å². The maximum atomic E-state index is 10.5. The lowest BCUT2D eigenvalue weighted by Gasteiger charge is -2.17. The SMILES string of the molecule is COCCN(C)c1cc(N)c([N+](=O)[O-])cn1. The summed E-state index contributed by atoms with van der Waals surface area (Å²) in [7, 11) is 3.41. The third kappa shape index (κ3) is 2.80. The summed E-state index contributed by atoms with van der Waals surface area (Å²) in [5.74, 6) is 0.583. The fourth-order valence-electron chi connectivity index (χ4n) is 1.16. The number of anilines is 2. The molecule has 1 aromatic heterocycles. The van der Waals surface area contributed by atoms with Crippen LogP contribution in [0.1, 0.15) is 0 Å². The molecule has 0 aromatic carbocycles. The van der Waals surface area contributed by atoms with Gasteiger partial charge in [0.25, 0.3) is 0 Å². The molecule has 0 bridgehead atoms. The second-order valence-corrected chi connectivity index (χ2v) is 3.27. The summed E-state index contributed by atoms with van der Waals surface area (Å²) in [6.07, 6.45) is 1.16. The zero-order valence-electron chi connectivity index (χ0n) is 9.21. The molecule has 0 fully saturated rings. The van der Waals surface area contributed by atoms with Crippen LogP contribution in [-0.4, -0.2) is 37.2 Å². The smallest absolute Gasteiger partial charge is 0.310 e. The van der Waals surface area contributed by atoms with Crippen LogP contribution in [0.5, 0.6) is 0 Å². The number of nitro groups is 1. The monoisotopic (exact) mass is 226 g/mol. The Kier molecular flexibility index (Phi) is 4.01. The molecule has 0 saturated heterocycles. The van der Waals surface area contributed by atoms with Gasteiger partial charge in [-0.2, -0.15) is 0 Å². The van der Waals surface area contributed by atoms with Gasteiger partial charge in [0.05, 0.1) is 11.5 Å². The summed E-state index contributed by atoms with van der Waals surface area (Å²) in [6.45, 7) is 1.19. The molecule has 2 N–H and O–H groups in total. The van der Waals surface area contributed by atoms with E-state index < -0.39 is 4.92 Å². The Labute approximate surface area is 93.0 Å². The molecule has 0 amide bonds. The minimum Gasteiger partial charge on any atom is -0.393 e. The van der Waals surface area contributed by atoms with Gasteiger partial charge in [-0.15, -0.1) is 0 Å². The van der Waals surface area contributed by atoms with E-state index in [1.54, 1.807) is 7.11 Å². The standard InChI is InChI=1S/C9H14N4O3/c1-12(3-4-16-2)9-5-7(10)8(6-11-9)13(14)15/h5-6H,3-4H2,1-2H3,(H2,10,11). The normalized spacial score (nSPS) is 10.1. The summed E-state index contributed by atoms with van der Waals surface area (Å²) in [4.78, 5) is 15.7. The van der Waals surface area contributed by atoms with E-state index >= 15 is 0 Å². The highest BCUT2D eigenvalue weighted by atomic mass is 16.6. The molecular formula is C9H14N4O3. The average molecular weight is 226 g/mol. The van der Waals surface area contributed by atoms with Crippen LogP contribution in [0.15, 0.2) is 12.3 Å². The zero-order chi connectivity index (χ0) is 12.1. The van der Waals surface area contributed by atoms with Crippen LogP contribution in [0.25, 0.3) is 0 Å². The van der Waals surface area contributed by atoms with Crippen LogP contribution < -0.4 is 10.6 Å². The second-order valence-electron chi connectivity index (χ2n) is 3.27. The molecule has 0 aliphatic carbocycles. The summed E-state index contributed by atoms with van der Waals surface area (Å²) in [5, 5.41) is 10.5. The second kappa shape index (κ2) is 5.26. The van der Waals surface area contributed by atoms with Crippen LogP contribution in [0.2, 0.25) is 0 Å². The number of pyridine rings is 1. The molecule has 0 unspecified atom stereocenters. The fourth-order valence-corrected chi connectivity index (χ4v) is 1.16. The largest absolute Gasteiger partial charge is 0.393 e. The number of hydrogen-bond donors (Lipinski definition) is 1. The molecule has 0 saturated carbocycles. The van der Waals surface area contributed by atoms with Crippen molar-refractivity contribution in [2.45, 2.75) is 0 Å². The third-order valence-electron chi connectivity index (χ3n) is 2.12. The maximum Gasteiger partial charge on any atom is 0.310 e. The minimum absolute atomic E-state index is 0.110. The molecule has 7 heteroatoms. The van der Waals surface area contributed by atoms with Crippen LogP contribution in [0.3, 0.4) is 0 Å². The number of nitrogens with two attached hydrogens (primary N) is 1. The van der Waals surface area contributed by atoms with E-state index in [2.05, 4.69) is 4.98 Å². The van der Waals surface area contributed by atoms with Gasteiger partial charge in [0.1, 0.15) is 17.7 Å². The van der Waals surface area contributed by atoms with Crippen molar-refractivity contribution in [1.82, 2.24) is 4.98 Å². The van der Waals surface area contributed by atoms with Crippen LogP contribution >= 0.6 is 0 Å².